The van der Waals surface area contributed by atoms with Crippen molar-refractivity contribution in [2.45, 2.75) is 38.8 Å². The predicted molar refractivity (Wildman–Crippen MR) is 84.6 cm³/mol. The van der Waals surface area contributed by atoms with Crippen molar-refractivity contribution < 1.29 is 4.74 Å². The molecular formula is C16H20ClN3O. The Morgan fingerprint density at radius 2 is 1.81 bits per heavy atom. The van der Waals surface area contributed by atoms with Gasteiger partial charge in [-0.05, 0) is 43.4 Å². The number of ether oxygens (including phenoxy) is 1. The minimum absolute atomic E-state index is 0. The van der Waals surface area contributed by atoms with Crippen LogP contribution < -0.4 is 10.5 Å². The maximum absolute atomic E-state index is 5.82. The molecule has 1 heterocycles. The summed E-state index contributed by atoms with van der Waals surface area (Å²) in [6, 6.07) is 9.74. The van der Waals surface area contributed by atoms with E-state index in [0.717, 1.165) is 30.1 Å². The van der Waals surface area contributed by atoms with E-state index < -0.39 is 0 Å². The monoisotopic (exact) mass is 305 g/mol. The Kier molecular flexibility index (Phi) is 5.53. The number of nitrogens with two attached hydrogens (primary N) is 1. The average molecular weight is 306 g/mol. The molecule has 2 N–H and O–H groups in total. The first-order valence-electron chi connectivity index (χ1n) is 7.12. The molecule has 0 spiro atoms. The van der Waals surface area contributed by atoms with Crippen molar-refractivity contribution in [3.8, 4) is 5.75 Å². The summed E-state index contributed by atoms with van der Waals surface area (Å²) in [6.45, 7) is 0.869. The van der Waals surface area contributed by atoms with Crippen molar-refractivity contribution >= 4 is 12.4 Å². The summed E-state index contributed by atoms with van der Waals surface area (Å²) in [5, 5.41) is 0. The molecule has 3 rings (SSSR count). The van der Waals surface area contributed by atoms with Crippen LogP contribution in [0.5, 0.6) is 5.75 Å². The second kappa shape index (κ2) is 7.38. The zero-order chi connectivity index (χ0) is 13.8. The molecule has 21 heavy (non-hydrogen) atoms. The van der Waals surface area contributed by atoms with E-state index in [1.165, 1.54) is 24.1 Å². The highest BCUT2D eigenvalue weighted by atomic mass is 35.5. The number of rotatable bonds is 4. The van der Waals surface area contributed by atoms with E-state index >= 15 is 0 Å². The van der Waals surface area contributed by atoms with E-state index in [1.807, 2.05) is 30.3 Å². The molecule has 0 unspecified atom stereocenters. The highest BCUT2D eigenvalue weighted by molar-refractivity contribution is 5.85. The standard InChI is InChI=1S/C16H19N3O.ClH/c17-10-15-13-8-4-5-9-14(13)18-16(19-15)11-20-12-6-2-1-3-7-12;/h1-3,6-7H,4-5,8-11,17H2;1H. The van der Waals surface area contributed by atoms with Crippen molar-refractivity contribution in [2.75, 3.05) is 0 Å². The molecule has 0 saturated heterocycles. The second-order valence-corrected chi connectivity index (χ2v) is 5.02. The topological polar surface area (TPSA) is 61.0 Å². The zero-order valence-corrected chi connectivity index (χ0v) is 12.7. The van der Waals surface area contributed by atoms with Gasteiger partial charge in [-0.15, -0.1) is 12.4 Å². The van der Waals surface area contributed by atoms with E-state index in [4.69, 9.17) is 10.5 Å². The minimum atomic E-state index is 0. The van der Waals surface area contributed by atoms with Crippen LogP contribution in [-0.2, 0) is 26.0 Å². The Morgan fingerprint density at radius 3 is 2.57 bits per heavy atom. The van der Waals surface area contributed by atoms with Crippen LogP contribution in [0.1, 0.15) is 35.6 Å². The molecule has 112 valence electrons. The van der Waals surface area contributed by atoms with Gasteiger partial charge in [0.2, 0.25) is 0 Å². The molecule has 0 fully saturated rings. The second-order valence-electron chi connectivity index (χ2n) is 5.02. The third-order valence-electron chi connectivity index (χ3n) is 3.62. The maximum atomic E-state index is 5.82. The summed E-state index contributed by atoms with van der Waals surface area (Å²) in [4.78, 5) is 9.20. The van der Waals surface area contributed by atoms with Crippen LogP contribution >= 0.6 is 12.4 Å². The molecule has 0 aliphatic heterocycles. The van der Waals surface area contributed by atoms with Crippen LogP contribution in [0.3, 0.4) is 0 Å². The lowest BCUT2D eigenvalue weighted by Gasteiger charge is -2.18. The Bertz CT molecular complexity index is 572. The van der Waals surface area contributed by atoms with Crippen LogP contribution in [0, 0.1) is 0 Å². The first-order chi connectivity index (χ1) is 9.86. The summed E-state index contributed by atoms with van der Waals surface area (Å²) >= 11 is 0. The quantitative estimate of drug-likeness (QED) is 0.943. The summed E-state index contributed by atoms with van der Waals surface area (Å²) in [6.07, 6.45) is 4.50. The number of para-hydroxylation sites is 1. The van der Waals surface area contributed by atoms with E-state index in [1.54, 1.807) is 0 Å². The largest absolute Gasteiger partial charge is 0.486 e. The van der Waals surface area contributed by atoms with E-state index in [0.29, 0.717) is 13.2 Å². The number of nitrogens with zero attached hydrogens (tertiary/aromatic N) is 2. The normalized spacial score (nSPS) is 13.2. The van der Waals surface area contributed by atoms with E-state index in [2.05, 4.69) is 9.97 Å². The third kappa shape index (κ3) is 3.71. The van der Waals surface area contributed by atoms with Gasteiger partial charge in [-0.2, -0.15) is 0 Å². The van der Waals surface area contributed by atoms with Crippen LogP contribution in [-0.4, -0.2) is 9.97 Å². The molecule has 0 saturated carbocycles. The van der Waals surface area contributed by atoms with Gasteiger partial charge in [0.15, 0.2) is 5.82 Å². The molecule has 0 bridgehead atoms. The zero-order valence-electron chi connectivity index (χ0n) is 11.9. The third-order valence-corrected chi connectivity index (χ3v) is 3.62. The van der Waals surface area contributed by atoms with Crippen LogP contribution in [0.2, 0.25) is 0 Å². The number of hydrogen-bond donors (Lipinski definition) is 1. The van der Waals surface area contributed by atoms with Gasteiger partial charge in [0.1, 0.15) is 12.4 Å². The van der Waals surface area contributed by atoms with Gasteiger partial charge in [-0.25, -0.2) is 9.97 Å². The van der Waals surface area contributed by atoms with Gasteiger partial charge in [0, 0.05) is 12.2 Å². The highest BCUT2D eigenvalue weighted by Gasteiger charge is 2.17. The molecular weight excluding hydrogens is 286 g/mol. The molecule has 1 aromatic heterocycles. The Balaban J connectivity index is 0.00000161. The minimum Gasteiger partial charge on any atom is -0.486 e. The highest BCUT2D eigenvalue weighted by Crippen LogP contribution is 2.22. The fourth-order valence-corrected chi connectivity index (χ4v) is 2.63. The molecule has 0 radical (unpaired) electrons. The number of aromatic nitrogens is 2. The Morgan fingerprint density at radius 1 is 1.05 bits per heavy atom. The van der Waals surface area contributed by atoms with E-state index in [-0.39, 0.29) is 12.4 Å². The molecule has 1 aromatic carbocycles. The summed E-state index contributed by atoms with van der Waals surface area (Å²) in [5.41, 5.74) is 9.24. The number of halogens is 1. The number of fused-ring (bicyclic) bond motifs is 1. The first-order valence-corrected chi connectivity index (χ1v) is 7.12. The van der Waals surface area contributed by atoms with E-state index in [9.17, 15) is 0 Å². The van der Waals surface area contributed by atoms with Gasteiger partial charge in [-0.3, -0.25) is 0 Å². The van der Waals surface area contributed by atoms with Gasteiger partial charge in [0.05, 0.1) is 5.69 Å². The predicted octanol–water partition coefficient (Wildman–Crippen LogP) is 2.81. The van der Waals surface area contributed by atoms with Crippen molar-refractivity contribution in [3.63, 3.8) is 0 Å². The fourth-order valence-electron chi connectivity index (χ4n) is 2.63. The molecule has 4 nitrogen and oxygen atoms in total. The molecule has 5 heteroatoms. The Hall–Kier alpha value is -1.65. The molecule has 1 aliphatic carbocycles. The lowest BCUT2D eigenvalue weighted by Crippen LogP contribution is -2.17. The van der Waals surface area contributed by atoms with Crippen LogP contribution in [0.15, 0.2) is 30.3 Å². The number of benzene rings is 1. The van der Waals surface area contributed by atoms with Crippen molar-refractivity contribution in [3.05, 3.63) is 53.1 Å². The van der Waals surface area contributed by atoms with Gasteiger partial charge in [-0.1, -0.05) is 18.2 Å². The molecule has 0 amide bonds. The van der Waals surface area contributed by atoms with Gasteiger partial charge >= 0.3 is 0 Å². The van der Waals surface area contributed by atoms with Gasteiger partial charge in [0.25, 0.3) is 0 Å². The number of aryl methyl sites for hydroxylation is 1. The first kappa shape index (κ1) is 15.7. The number of hydrogen-bond acceptors (Lipinski definition) is 4. The lowest BCUT2D eigenvalue weighted by molar-refractivity contribution is 0.294. The molecule has 2 aromatic rings. The molecule has 1 aliphatic rings. The van der Waals surface area contributed by atoms with Crippen molar-refractivity contribution in [2.24, 2.45) is 5.73 Å². The van der Waals surface area contributed by atoms with Crippen LogP contribution in [0.4, 0.5) is 0 Å². The lowest BCUT2D eigenvalue weighted by atomic mass is 9.94. The van der Waals surface area contributed by atoms with Crippen molar-refractivity contribution in [1.82, 2.24) is 9.97 Å². The molecule has 0 atom stereocenters. The van der Waals surface area contributed by atoms with Gasteiger partial charge < -0.3 is 10.5 Å². The summed E-state index contributed by atoms with van der Waals surface area (Å²) in [5.74, 6) is 1.57. The summed E-state index contributed by atoms with van der Waals surface area (Å²) in [7, 11) is 0. The SMILES string of the molecule is Cl.NCc1nc(COc2ccccc2)nc2c1CCCC2. The van der Waals surface area contributed by atoms with Crippen LogP contribution in [0.25, 0.3) is 0 Å². The Labute approximate surface area is 131 Å². The van der Waals surface area contributed by atoms with Crippen molar-refractivity contribution in [1.29, 1.82) is 0 Å². The maximum Gasteiger partial charge on any atom is 0.166 e. The smallest absolute Gasteiger partial charge is 0.166 e. The fraction of sp³-hybridized carbons (Fsp3) is 0.375. The summed E-state index contributed by atoms with van der Waals surface area (Å²) < 4.78 is 5.72. The average Bonchev–Trinajstić information content (AvgIpc) is 2.53.